The van der Waals surface area contributed by atoms with E-state index < -0.39 is 73.4 Å². The van der Waals surface area contributed by atoms with Crippen molar-refractivity contribution in [2.75, 3.05) is 29.2 Å². The average Bonchev–Trinajstić information content (AvgIpc) is 3.14. The summed E-state index contributed by atoms with van der Waals surface area (Å²) in [5, 5.41) is 8.83. The molecule has 0 aliphatic carbocycles. The molecule has 17 heteroatoms. The maximum Gasteiger partial charge on any atom is 0.422 e. The number of carbonyl (C=O) groups excluding carboxylic acids is 2. The van der Waals surface area contributed by atoms with Gasteiger partial charge in [-0.2, -0.15) is 31.4 Å². The van der Waals surface area contributed by atoms with Crippen molar-refractivity contribution in [3.8, 4) is 5.75 Å². The summed E-state index contributed by atoms with van der Waals surface area (Å²) in [4.78, 5) is 25.7. The van der Waals surface area contributed by atoms with E-state index in [4.69, 9.17) is 0 Å². The zero-order chi connectivity index (χ0) is 30.3. The van der Waals surface area contributed by atoms with Gasteiger partial charge in [-0.05, 0) is 47.8 Å². The zero-order valence-electron chi connectivity index (χ0n) is 21.2. The van der Waals surface area contributed by atoms with E-state index in [1.807, 2.05) is 0 Å². The highest BCUT2D eigenvalue weighted by molar-refractivity contribution is 7.91. The number of amides is 2. The van der Waals surface area contributed by atoms with E-state index in [2.05, 4.69) is 20.5 Å². The summed E-state index contributed by atoms with van der Waals surface area (Å²) in [7, 11) is 0. The Bertz CT molecular complexity index is 1170. The summed E-state index contributed by atoms with van der Waals surface area (Å²) in [6.07, 6.45) is -13.4. The first-order valence-electron chi connectivity index (χ1n) is 11.7. The number of nitrogens with zero attached hydrogens (tertiary/aromatic N) is 2. The van der Waals surface area contributed by atoms with Crippen LogP contribution in [0.15, 0.2) is 18.2 Å². The fraction of sp³-hybridized carbons (Fsp3) is 0.522. The molecule has 1 atom stereocenters. The fourth-order valence-electron chi connectivity index (χ4n) is 3.54. The summed E-state index contributed by atoms with van der Waals surface area (Å²) < 4.78 is 119. The average molecular weight is 607 g/mol. The molecule has 0 bridgehead atoms. The van der Waals surface area contributed by atoms with Gasteiger partial charge in [0.25, 0.3) is 11.8 Å². The van der Waals surface area contributed by atoms with Crippen LogP contribution in [0.5, 0.6) is 5.75 Å². The van der Waals surface area contributed by atoms with Crippen molar-refractivity contribution in [1.29, 1.82) is 0 Å². The lowest BCUT2D eigenvalue weighted by Crippen LogP contribution is -2.26. The molecule has 0 fully saturated rings. The Morgan fingerprint density at radius 2 is 1.80 bits per heavy atom. The molecule has 0 spiro atoms. The summed E-state index contributed by atoms with van der Waals surface area (Å²) >= 11 is -1.60. The van der Waals surface area contributed by atoms with Crippen molar-refractivity contribution < 1.29 is 54.0 Å². The fourth-order valence-corrected chi connectivity index (χ4v) is 3.98. The van der Waals surface area contributed by atoms with Crippen LogP contribution in [-0.4, -0.2) is 63.5 Å². The van der Waals surface area contributed by atoms with Crippen LogP contribution in [0.3, 0.4) is 0 Å². The zero-order valence-corrected chi connectivity index (χ0v) is 22.0. The van der Waals surface area contributed by atoms with Gasteiger partial charge >= 0.3 is 12.4 Å². The first-order valence-corrected chi connectivity index (χ1v) is 13.4. The van der Waals surface area contributed by atoms with E-state index >= 15 is 0 Å². The molecular weight excluding hydrogens is 580 g/mol. The van der Waals surface area contributed by atoms with Crippen LogP contribution in [0.25, 0.3) is 0 Å². The molecule has 224 valence electrons. The molecule has 0 aliphatic heterocycles. The van der Waals surface area contributed by atoms with Crippen molar-refractivity contribution in [2.24, 2.45) is 0 Å². The number of carbonyl (C=O) groups is 2. The smallest absolute Gasteiger partial charge is 0.422 e. The Labute approximate surface area is 226 Å². The quantitative estimate of drug-likeness (QED) is 0.244. The number of alkyl halides is 8. The Balaban J connectivity index is 2.45. The second-order valence-electron chi connectivity index (χ2n) is 8.50. The Morgan fingerprint density at radius 1 is 1.12 bits per heavy atom. The number of nitrogens with one attached hydrogen (secondary N) is 2. The van der Waals surface area contributed by atoms with Crippen LogP contribution in [0.1, 0.15) is 41.4 Å². The van der Waals surface area contributed by atoms with Crippen LogP contribution in [0.4, 0.5) is 46.6 Å². The molecule has 2 amide bonds. The minimum Gasteiger partial charge on any atom is -0.616 e. The van der Waals surface area contributed by atoms with Gasteiger partial charge in [0, 0.05) is 25.1 Å². The van der Waals surface area contributed by atoms with Gasteiger partial charge in [0.2, 0.25) is 6.43 Å². The molecule has 2 aromatic rings. The third-order valence-corrected chi connectivity index (χ3v) is 5.78. The predicted octanol–water partition coefficient (Wildman–Crippen LogP) is 5.11. The molecule has 40 heavy (non-hydrogen) atoms. The first kappa shape index (κ1) is 33.1. The lowest BCUT2D eigenvalue weighted by molar-refractivity contribution is -0.153. The van der Waals surface area contributed by atoms with Gasteiger partial charge in [-0.1, -0.05) is 6.92 Å². The number of rotatable bonds is 13. The highest BCUT2D eigenvalue weighted by Crippen LogP contribution is 2.29. The molecule has 0 saturated carbocycles. The maximum atomic E-state index is 13.3. The first-order chi connectivity index (χ1) is 18.5. The van der Waals surface area contributed by atoms with Crippen molar-refractivity contribution in [1.82, 2.24) is 9.78 Å². The minimum absolute atomic E-state index is 0.0537. The lowest BCUT2D eigenvalue weighted by atomic mass is 10.1. The van der Waals surface area contributed by atoms with Crippen LogP contribution in [0.2, 0.25) is 0 Å². The van der Waals surface area contributed by atoms with E-state index in [1.54, 1.807) is 6.92 Å². The second kappa shape index (κ2) is 14.0. The molecule has 1 unspecified atom stereocenters. The number of ether oxygens (including phenoxy) is 1. The van der Waals surface area contributed by atoms with Gasteiger partial charge in [0.1, 0.15) is 17.1 Å². The number of hydrogen-bond acceptors (Lipinski definition) is 5. The maximum absolute atomic E-state index is 13.3. The van der Waals surface area contributed by atoms with E-state index in [9.17, 15) is 49.3 Å². The Hall–Kier alpha value is -3.08. The van der Waals surface area contributed by atoms with Crippen LogP contribution in [0, 0.1) is 0 Å². The summed E-state index contributed by atoms with van der Waals surface area (Å²) in [6.45, 7) is -0.459. The SMILES string of the molecule is CCc1nn(CCCC(F)(F)F)c(NC(=O)C[S+](C)[O-])c1C(=O)Nc1ccc(OCC(F)(F)F)cc1CC(F)F. The van der Waals surface area contributed by atoms with Crippen molar-refractivity contribution in [3.05, 3.63) is 35.0 Å². The van der Waals surface area contributed by atoms with E-state index in [-0.39, 0.29) is 47.0 Å². The Morgan fingerprint density at radius 3 is 2.35 bits per heavy atom. The normalized spacial score (nSPS) is 12.9. The van der Waals surface area contributed by atoms with E-state index in [0.29, 0.717) is 0 Å². The van der Waals surface area contributed by atoms with Crippen molar-refractivity contribution in [2.45, 2.75) is 57.9 Å². The van der Waals surface area contributed by atoms with Gasteiger partial charge in [0.05, 0.1) is 11.9 Å². The van der Waals surface area contributed by atoms with Crippen LogP contribution in [-0.2, 0) is 35.4 Å². The van der Waals surface area contributed by atoms with Gasteiger partial charge in [-0.25, -0.2) is 13.5 Å². The molecule has 2 rings (SSSR count). The number of halogens is 8. The molecule has 0 aliphatic rings. The van der Waals surface area contributed by atoms with Crippen molar-refractivity contribution >= 4 is 34.5 Å². The molecule has 8 nitrogen and oxygen atoms in total. The van der Waals surface area contributed by atoms with Crippen LogP contribution >= 0.6 is 0 Å². The lowest BCUT2D eigenvalue weighted by Gasteiger charge is -2.16. The van der Waals surface area contributed by atoms with Gasteiger partial charge < -0.3 is 19.9 Å². The van der Waals surface area contributed by atoms with Gasteiger partial charge in [0.15, 0.2) is 12.4 Å². The van der Waals surface area contributed by atoms with E-state index in [0.717, 1.165) is 22.9 Å². The number of hydrogen-bond donors (Lipinski definition) is 2. The molecule has 1 heterocycles. The van der Waals surface area contributed by atoms with Gasteiger partial charge in [-0.15, -0.1) is 0 Å². The molecule has 0 saturated heterocycles. The third-order valence-electron chi connectivity index (χ3n) is 5.11. The van der Waals surface area contributed by atoms with Crippen LogP contribution < -0.4 is 15.4 Å². The monoisotopic (exact) mass is 606 g/mol. The summed E-state index contributed by atoms with van der Waals surface area (Å²) in [5.74, 6) is -2.95. The predicted molar refractivity (Wildman–Crippen MR) is 130 cm³/mol. The Kier molecular flexibility index (Phi) is 11.6. The largest absolute Gasteiger partial charge is 0.616 e. The highest BCUT2D eigenvalue weighted by atomic mass is 32.2. The van der Waals surface area contributed by atoms with E-state index in [1.165, 1.54) is 6.26 Å². The van der Waals surface area contributed by atoms with Crippen molar-refractivity contribution in [3.63, 3.8) is 0 Å². The molecule has 2 N–H and O–H groups in total. The summed E-state index contributed by atoms with van der Waals surface area (Å²) in [6, 6.07) is 2.99. The molecular formula is C23H26F8N4O4S. The number of aryl methyl sites for hydroxylation is 2. The number of aromatic nitrogens is 2. The second-order valence-corrected chi connectivity index (χ2v) is 9.94. The number of benzene rings is 1. The number of anilines is 2. The molecule has 1 aromatic heterocycles. The third kappa shape index (κ3) is 10.8. The van der Waals surface area contributed by atoms with Gasteiger partial charge in [-0.3, -0.25) is 9.59 Å². The topological polar surface area (TPSA) is 108 Å². The molecule has 0 radical (unpaired) electrons. The highest BCUT2D eigenvalue weighted by Gasteiger charge is 2.30. The standard InChI is InChI=1S/C23H26F8N4O4S/c1-3-15-19(20(33-18(36)11-40(2)38)35(34-15)8-4-7-22(26,27)28)21(37)32-16-6-5-14(39-12-23(29,30)31)9-13(16)10-17(24)25/h5-6,9,17H,3-4,7-8,10-12H2,1-2H3,(H,32,37)(H,33,36). The summed E-state index contributed by atoms with van der Waals surface area (Å²) in [5.41, 5.74) is -0.683. The minimum atomic E-state index is -4.68. The molecule has 1 aromatic carbocycles.